The SMILES string of the molecule is CC(C)(C)C1C2CC(C1C(C)(C)C)C(C(O)(C(F)(F)F)C(F)(F)F)C2C(O)(C(F)(F)F)C(F)(F)F. The number of aliphatic hydroxyl groups is 2. The highest BCUT2D eigenvalue weighted by molar-refractivity contribution is 5.22. The monoisotopic (exact) mass is 540 g/mol. The van der Waals surface area contributed by atoms with Gasteiger partial charge in [0, 0.05) is 11.8 Å². The highest BCUT2D eigenvalue weighted by atomic mass is 19.4. The van der Waals surface area contributed by atoms with Gasteiger partial charge in [0.15, 0.2) is 0 Å². The Hall–Kier alpha value is -0.920. The van der Waals surface area contributed by atoms with Gasteiger partial charge in [0.25, 0.3) is 11.2 Å². The molecule has 2 fully saturated rings. The van der Waals surface area contributed by atoms with Gasteiger partial charge >= 0.3 is 24.7 Å². The molecule has 0 saturated heterocycles. The maximum absolute atomic E-state index is 13.9. The van der Waals surface area contributed by atoms with Gasteiger partial charge in [0.2, 0.25) is 0 Å². The van der Waals surface area contributed by atoms with Crippen LogP contribution in [0.25, 0.3) is 0 Å². The summed E-state index contributed by atoms with van der Waals surface area (Å²) >= 11 is 0. The minimum atomic E-state index is -6.68. The van der Waals surface area contributed by atoms with Crippen LogP contribution in [0.4, 0.5) is 52.7 Å². The van der Waals surface area contributed by atoms with Gasteiger partial charge in [-0.15, -0.1) is 0 Å². The van der Waals surface area contributed by atoms with Gasteiger partial charge in [0.05, 0.1) is 0 Å². The van der Waals surface area contributed by atoms with Crippen LogP contribution in [-0.2, 0) is 0 Å². The number of halogens is 12. The molecule has 2 aliphatic rings. The summed E-state index contributed by atoms with van der Waals surface area (Å²) in [7, 11) is 0. The summed E-state index contributed by atoms with van der Waals surface area (Å²) in [5.74, 6) is -13.9. The van der Waals surface area contributed by atoms with E-state index in [0.717, 1.165) is 0 Å². The van der Waals surface area contributed by atoms with Crippen molar-refractivity contribution in [3.63, 3.8) is 0 Å². The van der Waals surface area contributed by atoms with E-state index in [1.807, 2.05) is 0 Å². The van der Waals surface area contributed by atoms with Gasteiger partial charge in [-0.1, -0.05) is 41.5 Å². The minimum absolute atomic E-state index is 0.887. The Balaban J connectivity index is 3.05. The Labute approximate surface area is 194 Å². The molecular weight excluding hydrogens is 512 g/mol. The van der Waals surface area contributed by atoms with Gasteiger partial charge < -0.3 is 10.2 Å². The number of rotatable bonds is 2. The van der Waals surface area contributed by atoms with Crippen LogP contribution in [0.2, 0.25) is 0 Å². The van der Waals surface area contributed by atoms with E-state index in [2.05, 4.69) is 0 Å². The fourth-order valence-electron chi connectivity index (χ4n) is 6.99. The fourth-order valence-corrected chi connectivity index (χ4v) is 6.99. The third-order valence-corrected chi connectivity index (χ3v) is 7.86. The van der Waals surface area contributed by atoms with E-state index >= 15 is 0 Å². The Bertz CT molecular complexity index is 700. The largest absolute Gasteiger partial charge is 0.426 e. The van der Waals surface area contributed by atoms with Crippen molar-refractivity contribution in [3.05, 3.63) is 0 Å². The maximum Gasteiger partial charge on any atom is 0.426 e. The molecule has 2 saturated carbocycles. The van der Waals surface area contributed by atoms with Crippen LogP contribution >= 0.6 is 0 Å². The quantitative estimate of drug-likeness (QED) is 0.374. The third kappa shape index (κ3) is 4.21. The van der Waals surface area contributed by atoms with Gasteiger partial charge in [-0.2, -0.15) is 52.7 Å². The Morgan fingerprint density at radius 3 is 0.771 bits per heavy atom. The zero-order valence-corrected chi connectivity index (χ0v) is 19.6. The molecule has 0 aromatic rings. The molecule has 35 heavy (non-hydrogen) atoms. The van der Waals surface area contributed by atoms with Crippen LogP contribution in [-0.4, -0.2) is 46.1 Å². The highest BCUT2D eigenvalue weighted by Gasteiger charge is 2.87. The summed E-state index contributed by atoms with van der Waals surface area (Å²) in [5, 5.41) is 20.3. The lowest BCUT2D eigenvalue weighted by Crippen LogP contribution is -2.73. The summed E-state index contributed by atoms with van der Waals surface area (Å²) in [4.78, 5) is 0. The van der Waals surface area contributed by atoms with Gasteiger partial charge in [-0.3, -0.25) is 0 Å². The lowest BCUT2D eigenvalue weighted by Gasteiger charge is -2.57. The second kappa shape index (κ2) is 7.80. The summed E-state index contributed by atoms with van der Waals surface area (Å²) in [6.07, 6.45) is -27.6. The molecule has 2 N–H and O–H groups in total. The van der Waals surface area contributed by atoms with E-state index in [9.17, 15) is 62.9 Å². The van der Waals surface area contributed by atoms with E-state index < -0.39 is 88.7 Å². The normalized spacial score (nSPS) is 31.9. The van der Waals surface area contributed by atoms with Crippen LogP contribution in [0.1, 0.15) is 48.0 Å². The molecule has 208 valence electrons. The third-order valence-electron chi connectivity index (χ3n) is 7.86. The second-order valence-corrected chi connectivity index (χ2v) is 11.9. The first-order chi connectivity index (χ1) is 15.0. The van der Waals surface area contributed by atoms with Crippen LogP contribution in [0.5, 0.6) is 0 Å². The zero-order chi connectivity index (χ0) is 28.2. The summed E-state index contributed by atoms with van der Waals surface area (Å²) in [6, 6.07) is 0. The zero-order valence-electron chi connectivity index (χ0n) is 19.6. The van der Waals surface area contributed by atoms with E-state index in [1.54, 1.807) is 0 Å². The summed E-state index contributed by atoms with van der Waals surface area (Å²) < 4.78 is 166. The van der Waals surface area contributed by atoms with E-state index in [4.69, 9.17) is 0 Å². The average Bonchev–Trinajstić information content (AvgIpc) is 3.11. The molecule has 2 aliphatic carbocycles. The highest BCUT2D eigenvalue weighted by Crippen LogP contribution is 2.74. The molecule has 0 amide bonds. The van der Waals surface area contributed by atoms with E-state index in [1.165, 1.54) is 41.5 Å². The van der Waals surface area contributed by atoms with Gasteiger partial charge in [0.1, 0.15) is 0 Å². The number of hydrogen-bond acceptors (Lipinski definition) is 2. The van der Waals surface area contributed by atoms with Crippen molar-refractivity contribution in [3.8, 4) is 0 Å². The first kappa shape index (κ1) is 30.3. The standard InChI is InChI=1S/C21H28F12O2/c1-14(2,3)10-8-7-9(11(10)15(4,5)6)13(17(35,20(28,29)30)21(31,32)33)12(8)16(34,18(22,23)24)19(25,26)27/h8-13,34-35H,7H2,1-6H3. The van der Waals surface area contributed by atoms with Crippen molar-refractivity contribution in [2.45, 2.75) is 83.9 Å². The molecule has 0 heterocycles. The van der Waals surface area contributed by atoms with Crippen LogP contribution in [0.15, 0.2) is 0 Å². The summed E-state index contributed by atoms with van der Waals surface area (Å²) in [5.41, 5.74) is -14.2. The minimum Gasteiger partial charge on any atom is -0.373 e. The van der Waals surface area contributed by atoms with Crippen molar-refractivity contribution in [2.75, 3.05) is 0 Å². The molecular formula is C21H28F12O2. The van der Waals surface area contributed by atoms with Crippen molar-refractivity contribution >= 4 is 0 Å². The average molecular weight is 540 g/mol. The molecule has 14 heteroatoms. The lowest BCUT2D eigenvalue weighted by molar-refractivity contribution is -0.430. The molecule has 6 atom stereocenters. The Kier molecular flexibility index (Phi) is 6.75. The van der Waals surface area contributed by atoms with Crippen LogP contribution in [0, 0.1) is 46.3 Å². The number of fused-ring (bicyclic) bond motifs is 2. The van der Waals surface area contributed by atoms with Gasteiger partial charge in [-0.25, -0.2) is 0 Å². The molecule has 0 aromatic carbocycles. The number of alkyl halides is 12. The molecule has 6 unspecified atom stereocenters. The van der Waals surface area contributed by atoms with Crippen LogP contribution < -0.4 is 0 Å². The predicted octanol–water partition coefficient (Wildman–Crippen LogP) is 6.90. The maximum atomic E-state index is 13.9. The van der Waals surface area contributed by atoms with Gasteiger partial charge in [-0.05, 0) is 40.9 Å². The fraction of sp³-hybridized carbons (Fsp3) is 1.00. The number of hydrogen-bond donors (Lipinski definition) is 2. The molecule has 2 nitrogen and oxygen atoms in total. The molecule has 0 radical (unpaired) electrons. The predicted molar refractivity (Wildman–Crippen MR) is 98.6 cm³/mol. The van der Waals surface area contributed by atoms with Crippen LogP contribution in [0.3, 0.4) is 0 Å². The second-order valence-electron chi connectivity index (χ2n) is 11.9. The van der Waals surface area contributed by atoms with E-state index in [-0.39, 0.29) is 0 Å². The first-order valence-electron chi connectivity index (χ1n) is 10.7. The molecule has 2 bridgehead atoms. The van der Waals surface area contributed by atoms with Crippen molar-refractivity contribution < 1.29 is 62.9 Å². The van der Waals surface area contributed by atoms with E-state index in [0.29, 0.717) is 0 Å². The molecule has 0 spiro atoms. The molecule has 0 aliphatic heterocycles. The Morgan fingerprint density at radius 2 is 0.629 bits per heavy atom. The lowest BCUT2D eigenvalue weighted by atomic mass is 9.50. The van der Waals surface area contributed by atoms with Crippen molar-refractivity contribution in [1.29, 1.82) is 0 Å². The topological polar surface area (TPSA) is 40.5 Å². The molecule has 2 rings (SSSR count). The first-order valence-corrected chi connectivity index (χ1v) is 10.7. The van der Waals surface area contributed by atoms with Crippen molar-refractivity contribution in [2.24, 2.45) is 46.3 Å². The smallest absolute Gasteiger partial charge is 0.373 e. The summed E-state index contributed by atoms with van der Waals surface area (Å²) in [6.45, 7) is 8.44. The van der Waals surface area contributed by atoms with Crippen molar-refractivity contribution in [1.82, 2.24) is 0 Å². The molecule has 0 aromatic heterocycles. The Morgan fingerprint density at radius 1 is 0.429 bits per heavy atom.